The van der Waals surface area contributed by atoms with Gasteiger partial charge in [0.25, 0.3) is 0 Å². The quantitative estimate of drug-likeness (QED) is 0.871. The van der Waals surface area contributed by atoms with Crippen molar-refractivity contribution in [2.24, 2.45) is 0 Å². The van der Waals surface area contributed by atoms with Gasteiger partial charge in [-0.1, -0.05) is 31.2 Å². The van der Waals surface area contributed by atoms with Crippen molar-refractivity contribution < 1.29 is 18.3 Å². The fraction of sp³-hybridized carbons (Fsp3) is 0.400. The topological polar surface area (TPSA) is 38.0 Å². The fourth-order valence-corrected chi connectivity index (χ4v) is 2.98. The van der Waals surface area contributed by atoms with E-state index in [1.165, 1.54) is 10.9 Å². The highest BCUT2D eigenvalue weighted by Crippen LogP contribution is 2.43. The van der Waals surface area contributed by atoms with Crippen molar-refractivity contribution in [2.75, 3.05) is 0 Å². The van der Waals surface area contributed by atoms with Crippen molar-refractivity contribution in [2.45, 2.75) is 37.6 Å². The van der Waals surface area contributed by atoms with E-state index in [9.17, 15) is 18.3 Å². The molecule has 0 spiro atoms. The first-order valence-corrected chi connectivity index (χ1v) is 6.77. The molecule has 112 valence electrons. The molecule has 21 heavy (non-hydrogen) atoms. The van der Waals surface area contributed by atoms with E-state index < -0.39 is 24.0 Å². The van der Waals surface area contributed by atoms with Gasteiger partial charge in [-0.2, -0.15) is 18.3 Å². The Hall–Kier alpha value is -1.82. The van der Waals surface area contributed by atoms with Crippen LogP contribution in [0.5, 0.6) is 0 Å². The molecule has 0 amide bonds. The maximum atomic E-state index is 12.6. The Morgan fingerprint density at radius 2 is 1.86 bits per heavy atom. The molecule has 6 heteroatoms. The van der Waals surface area contributed by atoms with E-state index in [0.717, 1.165) is 17.2 Å². The zero-order valence-electron chi connectivity index (χ0n) is 11.4. The summed E-state index contributed by atoms with van der Waals surface area (Å²) in [5.41, 5.74) is 0.885. The van der Waals surface area contributed by atoms with Crippen molar-refractivity contribution in [3.63, 3.8) is 0 Å². The Balaban J connectivity index is 1.96. The summed E-state index contributed by atoms with van der Waals surface area (Å²) < 4.78 is 39.2. The van der Waals surface area contributed by atoms with Gasteiger partial charge >= 0.3 is 6.18 Å². The summed E-state index contributed by atoms with van der Waals surface area (Å²) in [6.45, 7) is 2.01. The third-order valence-electron chi connectivity index (χ3n) is 4.04. The van der Waals surface area contributed by atoms with Crippen molar-refractivity contribution in [1.29, 1.82) is 0 Å². The molecule has 3 unspecified atom stereocenters. The maximum absolute atomic E-state index is 12.6. The van der Waals surface area contributed by atoms with Gasteiger partial charge in [0.2, 0.25) is 0 Å². The Morgan fingerprint density at radius 3 is 2.48 bits per heavy atom. The van der Waals surface area contributed by atoms with Gasteiger partial charge in [-0.05, 0) is 29.5 Å². The van der Waals surface area contributed by atoms with Crippen LogP contribution in [0.2, 0.25) is 0 Å². The Bertz CT molecular complexity index is 650. The Morgan fingerprint density at radius 1 is 1.19 bits per heavy atom. The zero-order valence-corrected chi connectivity index (χ0v) is 11.4. The number of fused-ring (bicyclic) bond motifs is 1. The lowest BCUT2D eigenvalue weighted by Crippen LogP contribution is -2.26. The number of hydrogen-bond donors (Lipinski definition) is 1. The average Bonchev–Trinajstić information content (AvgIpc) is 2.92. The number of aromatic nitrogens is 2. The summed E-state index contributed by atoms with van der Waals surface area (Å²) >= 11 is 0. The largest absolute Gasteiger partial charge is 0.435 e. The molecule has 0 saturated carbocycles. The highest BCUT2D eigenvalue weighted by molar-refractivity contribution is 5.35. The number of aliphatic hydroxyl groups is 1. The molecule has 2 aromatic rings. The maximum Gasteiger partial charge on any atom is 0.435 e. The lowest BCUT2D eigenvalue weighted by Gasteiger charge is -2.34. The van der Waals surface area contributed by atoms with E-state index in [0.29, 0.717) is 6.42 Å². The second-order valence-electron chi connectivity index (χ2n) is 5.46. The van der Waals surface area contributed by atoms with Gasteiger partial charge in [-0.15, -0.1) is 0 Å². The first-order valence-electron chi connectivity index (χ1n) is 6.77. The molecule has 1 aromatic carbocycles. The summed E-state index contributed by atoms with van der Waals surface area (Å²) in [4.78, 5) is 0. The molecule has 3 atom stereocenters. The van der Waals surface area contributed by atoms with Gasteiger partial charge in [-0.3, -0.25) is 4.68 Å². The van der Waals surface area contributed by atoms with Crippen molar-refractivity contribution in [3.8, 4) is 0 Å². The third kappa shape index (κ3) is 2.44. The fourth-order valence-electron chi connectivity index (χ4n) is 2.98. The summed E-state index contributed by atoms with van der Waals surface area (Å²) in [6.07, 6.45) is -3.47. The highest BCUT2D eigenvalue weighted by Gasteiger charge is 2.37. The number of nitrogens with zero attached hydrogens (tertiary/aromatic N) is 2. The Kier molecular flexibility index (Phi) is 3.28. The predicted molar refractivity (Wildman–Crippen MR) is 70.7 cm³/mol. The summed E-state index contributed by atoms with van der Waals surface area (Å²) in [6, 6.07) is 7.95. The van der Waals surface area contributed by atoms with Gasteiger partial charge in [-0.25, -0.2) is 0 Å². The van der Waals surface area contributed by atoms with Crippen LogP contribution in [0.15, 0.2) is 36.5 Å². The molecule has 1 N–H and O–H groups in total. The van der Waals surface area contributed by atoms with Gasteiger partial charge in [0.15, 0.2) is 5.69 Å². The molecule has 3 nitrogen and oxygen atoms in total. The zero-order chi connectivity index (χ0) is 15.2. The SMILES string of the molecule is CC1CC(n2ccc(C(F)(F)F)n2)C(O)c2ccccc21. The number of alkyl halides is 3. The normalized spacial score (nSPS) is 25.7. The summed E-state index contributed by atoms with van der Waals surface area (Å²) in [5, 5.41) is 14.1. The molecule has 0 bridgehead atoms. The minimum atomic E-state index is -4.46. The highest BCUT2D eigenvalue weighted by atomic mass is 19.4. The molecule has 0 saturated heterocycles. The molecule has 0 fully saturated rings. The number of rotatable bonds is 1. The van der Waals surface area contributed by atoms with E-state index in [-0.39, 0.29) is 5.92 Å². The molecule has 0 aliphatic heterocycles. The number of benzene rings is 1. The Labute approximate surface area is 120 Å². The van der Waals surface area contributed by atoms with Crippen LogP contribution in [0.25, 0.3) is 0 Å². The van der Waals surface area contributed by atoms with E-state index >= 15 is 0 Å². The van der Waals surface area contributed by atoms with Crippen LogP contribution in [0.1, 0.15) is 48.2 Å². The van der Waals surface area contributed by atoms with Crippen LogP contribution in [-0.2, 0) is 6.18 Å². The van der Waals surface area contributed by atoms with Crippen LogP contribution in [-0.4, -0.2) is 14.9 Å². The predicted octanol–water partition coefficient (Wildman–Crippen LogP) is 3.68. The van der Waals surface area contributed by atoms with Crippen LogP contribution < -0.4 is 0 Å². The second kappa shape index (κ2) is 4.87. The van der Waals surface area contributed by atoms with Crippen LogP contribution in [0.4, 0.5) is 13.2 Å². The second-order valence-corrected chi connectivity index (χ2v) is 5.46. The smallest absolute Gasteiger partial charge is 0.386 e. The van der Waals surface area contributed by atoms with E-state index in [1.807, 2.05) is 31.2 Å². The number of aliphatic hydroxyl groups excluding tert-OH is 1. The van der Waals surface area contributed by atoms with E-state index in [1.54, 1.807) is 0 Å². The van der Waals surface area contributed by atoms with Gasteiger partial charge < -0.3 is 5.11 Å². The van der Waals surface area contributed by atoms with Gasteiger partial charge in [0.05, 0.1) is 6.04 Å². The molecule has 1 aliphatic carbocycles. The molecule has 3 rings (SSSR count). The molecule has 1 aromatic heterocycles. The van der Waals surface area contributed by atoms with Crippen LogP contribution in [0.3, 0.4) is 0 Å². The molecular formula is C15H15F3N2O. The molecule has 1 heterocycles. The van der Waals surface area contributed by atoms with Crippen molar-refractivity contribution in [1.82, 2.24) is 9.78 Å². The van der Waals surface area contributed by atoms with Crippen molar-refractivity contribution >= 4 is 0 Å². The molecular weight excluding hydrogens is 281 g/mol. The first kappa shape index (κ1) is 14.1. The molecule has 0 radical (unpaired) electrons. The number of halogens is 3. The summed E-state index contributed by atoms with van der Waals surface area (Å²) in [5.74, 6) is 0.160. The third-order valence-corrected chi connectivity index (χ3v) is 4.04. The lowest BCUT2D eigenvalue weighted by atomic mass is 9.79. The van der Waals surface area contributed by atoms with Gasteiger partial charge in [0, 0.05) is 6.20 Å². The van der Waals surface area contributed by atoms with Gasteiger partial charge in [0.1, 0.15) is 6.10 Å². The van der Waals surface area contributed by atoms with Crippen LogP contribution >= 0.6 is 0 Å². The van der Waals surface area contributed by atoms with E-state index in [2.05, 4.69) is 5.10 Å². The minimum absolute atomic E-state index is 0.160. The first-order chi connectivity index (χ1) is 9.88. The minimum Gasteiger partial charge on any atom is -0.386 e. The number of hydrogen-bond acceptors (Lipinski definition) is 2. The summed E-state index contributed by atoms with van der Waals surface area (Å²) in [7, 11) is 0. The molecule has 1 aliphatic rings. The van der Waals surface area contributed by atoms with Crippen LogP contribution in [0, 0.1) is 0 Å². The monoisotopic (exact) mass is 296 g/mol. The average molecular weight is 296 g/mol. The standard InChI is InChI=1S/C15H15F3N2O/c1-9-8-12(14(21)11-5-3-2-4-10(9)11)20-7-6-13(19-20)15(16,17)18/h2-7,9,12,14,21H,8H2,1H3. The van der Waals surface area contributed by atoms with Crippen molar-refractivity contribution in [3.05, 3.63) is 53.3 Å². The van der Waals surface area contributed by atoms with E-state index in [4.69, 9.17) is 0 Å². The lowest BCUT2D eigenvalue weighted by molar-refractivity contribution is -0.141.